The van der Waals surface area contributed by atoms with E-state index in [4.69, 9.17) is 10.2 Å². The van der Waals surface area contributed by atoms with Gasteiger partial charge in [-0.25, -0.2) is 0 Å². The number of hydrogen-bond donors (Lipinski definition) is 1. The Morgan fingerprint density at radius 2 is 2.17 bits per heavy atom. The van der Waals surface area contributed by atoms with Gasteiger partial charge in [0, 0.05) is 18.3 Å². The molecular weight excluding hydrogens is 226 g/mol. The number of nitrogen functional groups attached to an aromatic ring is 1. The number of oxazole rings is 1. The van der Waals surface area contributed by atoms with Gasteiger partial charge in [0.05, 0.1) is 0 Å². The summed E-state index contributed by atoms with van der Waals surface area (Å²) in [7, 11) is 0. The summed E-state index contributed by atoms with van der Waals surface area (Å²) >= 11 is 0. The first-order chi connectivity index (χ1) is 8.63. The summed E-state index contributed by atoms with van der Waals surface area (Å²) in [4.78, 5) is 6.83. The van der Waals surface area contributed by atoms with Crippen LogP contribution >= 0.6 is 0 Å². The fourth-order valence-corrected chi connectivity index (χ4v) is 2.61. The minimum Gasteiger partial charge on any atom is -0.423 e. The maximum absolute atomic E-state index is 5.84. The summed E-state index contributed by atoms with van der Waals surface area (Å²) in [6.07, 6.45) is 2.48. The molecular formula is C14H19N3O. The van der Waals surface area contributed by atoms with Crippen LogP contribution < -0.4 is 10.6 Å². The Balaban J connectivity index is 1.97. The second-order valence-electron chi connectivity index (χ2n) is 5.41. The lowest BCUT2D eigenvalue weighted by molar-refractivity contribution is 0.369. The zero-order valence-electron chi connectivity index (χ0n) is 10.9. The molecule has 0 saturated carbocycles. The van der Waals surface area contributed by atoms with Crippen molar-refractivity contribution in [2.45, 2.75) is 32.7 Å². The van der Waals surface area contributed by atoms with Gasteiger partial charge in [0.25, 0.3) is 6.01 Å². The highest BCUT2D eigenvalue weighted by atomic mass is 16.4. The molecule has 2 heterocycles. The van der Waals surface area contributed by atoms with Crippen LogP contribution in [-0.2, 0) is 0 Å². The number of piperidine rings is 1. The Labute approximate surface area is 107 Å². The minimum atomic E-state index is 0.492. The Morgan fingerprint density at radius 3 is 3.00 bits per heavy atom. The molecule has 1 aliphatic rings. The molecule has 0 aliphatic carbocycles. The predicted molar refractivity (Wildman–Crippen MR) is 73.6 cm³/mol. The topological polar surface area (TPSA) is 55.3 Å². The third-order valence-electron chi connectivity index (χ3n) is 3.76. The first kappa shape index (κ1) is 11.4. The molecule has 2 atom stereocenters. The van der Waals surface area contributed by atoms with E-state index < -0.39 is 0 Å². The molecule has 0 bridgehead atoms. The molecule has 2 aromatic rings. The minimum absolute atomic E-state index is 0.492. The fourth-order valence-electron chi connectivity index (χ4n) is 2.61. The molecule has 1 aromatic carbocycles. The molecule has 2 N–H and O–H groups in total. The molecule has 0 spiro atoms. The van der Waals surface area contributed by atoms with Crippen molar-refractivity contribution < 1.29 is 4.42 Å². The number of nitrogens with zero attached hydrogens (tertiary/aromatic N) is 2. The molecule has 96 valence electrons. The lowest BCUT2D eigenvalue weighted by atomic mass is 9.96. The van der Waals surface area contributed by atoms with Gasteiger partial charge in [0.15, 0.2) is 5.58 Å². The van der Waals surface area contributed by atoms with Crippen LogP contribution in [0.25, 0.3) is 11.1 Å². The van der Waals surface area contributed by atoms with Gasteiger partial charge in [-0.1, -0.05) is 6.92 Å². The Hall–Kier alpha value is -1.71. The zero-order chi connectivity index (χ0) is 12.7. The van der Waals surface area contributed by atoms with E-state index in [1.165, 1.54) is 12.8 Å². The molecule has 4 heteroatoms. The van der Waals surface area contributed by atoms with Crippen molar-refractivity contribution in [3.05, 3.63) is 18.2 Å². The second kappa shape index (κ2) is 4.19. The van der Waals surface area contributed by atoms with E-state index >= 15 is 0 Å². The van der Waals surface area contributed by atoms with E-state index in [1.54, 1.807) is 0 Å². The largest absolute Gasteiger partial charge is 0.423 e. The summed E-state index contributed by atoms with van der Waals surface area (Å²) in [5.74, 6) is 0.696. The van der Waals surface area contributed by atoms with E-state index in [0.717, 1.165) is 29.3 Å². The summed E-state index contributed by atoms with van der Waals surface area (Å²) < 4.78 is 5.84. The molecule has 3 rings (SSSR count). The van der Waals surface area contributed by atoms with E-state index in [1.807, 2.05) is 18.2 Å². The highest BCUT2D eigenvalue weighted by Gasteiger charge is 2.26. The van der Waals surface area contributed by atoms with E-state index in [2.05, 4.69) is 23.7 Å². The molecule has 1 saturated heterocycles. The van der Waals surface area contributed by atoms with E-state index in [0.29, 0.717) is 12.0 Å². The fraction of sp³-hybridized carbons (Fsp3) is 0.500. The summed E-state index contributed by atoms with van der Waals surface area (Å²) in [5.41, 5.74) is 8.14. The maximum atomic E-state index is 5.84. The highest BCUT2D eigenvalue weighted by molar-refractivity contribution is 5.78. The third kappa shape index (κ3) is 1.92. The van der Waals surface area contributed by atoms with Crippen LogP contribution in [0.4, 0.5) is 11.7 Å². The first-order valence-corrected chi connectivity index (χ1v) is 6.56. The predicted octanol–water partition coefficient (Wildman–Crippen LogP) is 3.03. The van der Waals surface area contributed by atoms with Crippen LogP contribution in [0.15, 0.2) is 22.6 Å². The molecule has 1 aromatic heterocycles. The summed E-state index contributed by atoms with van der Waals surface area (Å²) in [6.45, 7) is 5.53. The molecule has 1 aliphatic heterocycles. The van der Waals surface area contributed by atoms with Crippen LogP contribution in [0.2, 0.25) is 0 Å². The van der Waals surface area contributed by atoms with Gasteiger partial charge in [-0.2, -0.15) is 4.98 Å². The molecule has 1 fully saturated rings. The summed E-state index contributed by atoms with van der Waals surface area (Å²) in [6, 6.07) is 6.82. The average molecular weight is 245 g/mol. The SMILES string of the molecule is CC1CCC(C)N(c2nc3cc(N)ccc3o2)C1. The van der Waals surface area contributed by atoms with Gasteiger partial charge < -0.3 is 15.1 Å². The number of fused-ring (bicyclic) bond motifs is 1. The third-order valence-corrected chi connectivity index (χ3v) is 3.76. The Bertz CT molecular complexity index is 563. The van der Waals surface area contributed by atoms with Gasteiger partial charge in [0.1, 0.15) is 5.52 Å². The number of aromatic nitrogens is 1. The van der Waals surface area contributed by atoms with E-state index in [9.17, 15) is 0 Å². The van der Waals surface area contributed by atoms with Crippen molar-refractivity contribution >= 4 is 22.8 Å². The highest BCUT2D eigenvalue weighted by Crippen LogP contribution is 2.30. The second-order valence-corrected chi connectivity index (χ2v) is 5.41. The Kier molecular flexibility index (Phi) is 2.65. The lowest BCUT2D eigenvalue weighted by Gasteiger charge is -2.35. The molecule has 2 unspecified atom stereocenters. The number of rotatable bonds is 1. The molecule has 18 heavy (non-hydrogen) atoms. The first-order valence-electron chi connectivity index (χ1n) is 6.56. The molecule has 0 amide bonds. The number of nitrogens with two attached hydrogens (primary N) is 1. The maximum Gasteiger partial charge on any atom is 0.298 e. The van der Waals surface area contributed by atoms with Gasteiger partial charge >= 0.3 is 0 Å². The van der Waals surface area contributed by atoms with Crippen LogP contribution in [0, 0.1) is 5.92 Å². The van der Waals surface area contributed by atoms with Gasteiger partial charge in [-0.05, 0) is 43.9 Å². The molecule has 0 radical (unpaired) electrons. The van der Waals surface area contributed by atoms with Crippen molar-refractivity contribution in [2.24, 2.45) is 5.92 Å². The lowest BCUT2D eigenvalue weighted by Crippen LogP contribution is -2.41. The number of benzene rings is 1. The average Bonchev–Trinajstić information content (AvgIpc) is 2.74. The van der Waals surface area contributed by atoms with Crippen molar-refractivity contribution in [3.8, 4) is 0 Å². The van der Waals surface area contributed by atoms with Crippen LogP contribution in [0.5, 0.6) is 0 Å². The quantitative estimate of drug-likeness (QED) is 0.785. The standard InChI is InChI=1S/C14H19N3O/c1-9-3-4-10(2)17(8-9)14-16-12-7-11(15)5-6-13(12)18-14/h5-7,9-10H,3-4,8,15H2,1-2H3. The Morgan fingerprint density at radius 1 is 1.33 bits per heavy atom. The van der Waals surface area contributed by atoms with E-state index in [-0.39, 0.29) is 0 Å². The van der Waals surface area contributed by atoms with Gasteiger partial charge in [0.2, 0.25) is 0 Å². The van der Waals surface area contributed by atoms with Crippen molar-refractivity contribution in [2.75, 3.05) is 17.2 Å². The number of hydrogen-bond acceptors (Lipinski definition) is 4. The van der Waals surface area contributed by atoms with Crippen molar-refractivity contribution in [3.63, 3.8) is 0 Å². The van der Waals surface area contributed by atoms with Gasteiger partial charge in [-0.15, -0.1) is 0 Å². The van der Waals surface area contributed by atoms with Gasteiger partial charge in [-0.3, -0.25) is 0 Å². The van der Waals surface area contributed by atoms with Crippen molar-refractivity contribution in [1.82, 2.24) is 4.98 Å². The zero-order valence-corrected chi connectivity index (χ0v) is 10.9. The normalized spacial score (nSPS) is 24.7. The summed E-state index contributed by atoms with van der Waals surface area (Å²) in [5, 5.41) is 0. The van der Waals surface area contributed by atoms with Crippen molar-refractivity contribution in [1.29, 1.82) is 0 Å². The smallest absolute Gasteiger partial charge is 0.298 e. The van der Waals surface area contributed by atoms with Crippen LogP contribution in [-0.4, -0.2) is 17.6 Å². The monoisotopic (exact) mass is 245 g/mol. The number of anilines is 2. The van der Waals surface area contributed by atoms with Crippen LogP contribution in [0.1, 0.15) is 26.7 Å². The molecule has 4 nitrogen and oxygen atoms in total. The van der Waals surface area contributed by atoms with Crippen LogP contribution in [0.3, 0.4) is 0 Å².